The van der Waals surface area contributed by atoms with Gasteiger partial charge in [-0.3, -0.25) is 0 Å². The van der Waals surface area contributed by atoms with Crippen LogP contribution in [0, 0.1) is 0 Å². The predicted octanol–water partition coefficient (Wildman–Crippen LogP) is 1.91. The van der Waals surface area contributed by atoms with Crippen LogP contribution in [0.1, 0.15) is 10.5 Å². The third kappa shape index (κ3) is 2.56. The minimum atomic E-state index is -1.30. The van der Waals surface area contributed by atoms with E-state index in [0.717, 1.165) is 17.0 Å². The van der Waals surface area contributed by atoms with Gasteiger partial charge in [0.25, 0.3) is 0 Å². The highest BCUT2D eigenvalue weighted by Crippen LogP contribution is 2.24. The van der Waals surface area contributed by atoms with E-state index in [9.17, 15) is 9.90 Å². The molecule has 0 bridgehead atoms. The van der Waals surface area contributed by atoms with Crippen molar-refractivity contribution in [2.45, 2.75) is 0 Å². The number of carboxylic acids is 1. The van der Waals surface area contributed by atoms with Gasteiger partial charge in [0.1, 0.15) is 11.4 Å². The zero-order valence-corrected chi connectivity index (χ0v) is 11.9. The maximum absolute atomic E-state index is 11.1. The van der Waals surface area contributed by atoms with Crippen LogP contribution >= 0.6 is 0 Å². The van der Waals surface area contributed by atoms with Crippen molar-refractivity contribution in [3.8, 4) is 22.7 Å². The number of benzene rings is 2. The van der Waals surface area contributed by atoms with Gasteiger partial charge in [0.15, 0.2) is 0 Å². The van der Waals surface area contributed by atoms with E-state index in [2.05, 4.69) is 5.10 Å². The van der Waals surface area contributed by atoms with Crippen molar-refractivity contribution in [2.75, 3.05) is 7.11 Å². The molecule has 5 nitrogen and oxygen atoms in total. The molecule has 3 rings (SSSR count). The molecule has 3 aromatic rings. The standard InChI is InChI=1S/C17H14N2O3/c1-22-14-9-7-13(8-10-14)19-16(11-15(18-19)17(20)21)12-5-3-2-4-6-12/h2-11H,1H3,(H,20,21)/p-1. The highest BCUT2D eigenvalue weighted by Gasteiger charge is 2.12. The van der Waals surface area contributed by atoms with Crippen molar-refractivity contribution in [3.63, 3.8) is 0 Å². The lowest BCUT2D eigenvalue weighted by Crippen LogP contribution is -2.22. The second kappa shape index (κ2) is 5.73. The van der Waals surface area contributed by atoms with Gasteiger partial charge in [-0.05, 0) is 30.3 Å². The molecule has 0 N–H and O–H groups in total. The van der Waals surface area contributed by atoms with Gasteiger partial charge >= 0.3 is 0 Å². The molecule has 0 spiro atoms. The number of rotatable bonds is 4. The fraction of sp³-hybridized carbons (Fsp3) is 0.0588. The number of methoxy groups -OCH3 is 1. The monoisotopic (exact) mass is 293 g/mol. The normalized spacial score (nSPS) is 10.4. The molecule has 22 heavy (non-hydrogen) atoms. The number of aromatic carboxylic acids is 1. The molecule has 0 aliphatic carbocycles. The van der Waals surface area contributed by atoms with E-state index < -0.39 is 5.97 Å². The van der Waals surface area contributed by atoms with Crippen molar-refractivity contribution in [1.82, 2.24) is 9.78 Å². The van der Waals surface area contributed by atoms with Crippen LogP contribution < -0.4 is 9.84 Å². The van der Waals surface area contributed by atoms with Crippen molar-refractivity contribution < 1.29 is 14.6 Å². The summed E-state index contributed by atoms with van der Waals surface area (Å²) in [4.78, 5) is 11.1. The zero-order valence-electron chi connectivity index (χ0n) is 11.9. The first-order valence-corrected chi connectivity index (χ1v) is 6.70. The van der Waals surface area contributed by atoms with Crippen LogP contribution in [-0.2, 0) is 0 Å². The molecule has 0 atom stereocenters. The Morgan fingerprint density at radius 3 is 2.36 bits per heavy atom. The van der Waals surface area contributed by atoms with E-state index in [-0.39, 0.29) is 5.69 Å². The number of ether oxygens (including phenoxy) is 1. The molecule has 110 valence electrons. The van der Waals surface area contributed by atoms with Crippen molar-refractivity contribution in [1.29, 1.82) is 0 Å². The summed E-state index contributed by atoms with van der Waals surface area (Å²) >= 11 is 0. The molecule has 0 amide bonds. The summed E-state index contributed by atoms with van der Waals surface area (Å²) in [5, 5.41) is 15.2. The Morgan fingerprint density at radius 1 is 1.09 bits per heavy atom. The Bertz CT molecular complexity index is 793. The largest absolute Gasteiger partial charge is 0.543 e. The Morgan fingerprint density at radius 2 is 1.77 bits per heavy atom. The van der Waals surface area contributed by atoms with Crippen molar-refractivity contribution in [2.24, 2.45) is 0 Å². The Labute approximate surface area is 127 Å². The molecule has 0 saturated heterocycles. The van der Waals surface area contributed by atoms with Crippen LogP contribution in [0.4, 0.5) is 0 Å². The second-order valence-corrected chi connectivity index (χ2v) is 4.68. The van der Waals surface area contributed by atoms with Crippen LogP contribution in [0.2, 0.25) is 0 Å². The summed E-state index contributed by atoms with van der Waals surface area (Å²) in [5.74, 6) is -0.582. The van der Waals surface area contributed by atoms with Gasteiger partial charge in [-0.1, -0.05) is 30.3 Å². The van der Waals surface area contributed by atoms with Gasteiger partial charge in [0.2, 0.25) is 0 Å². The second-order valence-electron chi connectivity index (χ2n) is 4.68. The lowest BCUT2D eigenvalue weighted by molar-refractivity contribution is -0.255. The first-order chi connectivity index (χ1) is 10.7. The fourth-order valence-corrected chi connectivity index (χ4v) is 2.22. The van der Waals surface area contributed by atoms with Crippen LogP contribution in [0.3, 0.4) is 0 Å². The maximum atomic E-state index is 11.1. The van der Waals surface area contributed by atoms with Crippen LogP contribution in [0.15, 0.2) is 60.7 Å². The van der Waals surface area contributed by atoms with E-state index in [1.165, 1.54) is 6.07 Å². The van der Waals surface area contributed by atoms with E-state index >= 15 is 0 Å². The topological polar surface area (TPSA) is 67.2 Å². The molecule has 0 aliphatic rings. The number of hydrogen-bond acceptors (Lipinski definition) is 4. The van der Waals surface area contributed by atoms with Crippen LogP contribution in [0.5, 0.6) is 5.75 Å². The van der Waals surface area contributed by atoms with Crippen LogP contribution in [-0.4, -0.2) is 22.9 Å². The lowest BCUT2D eigenvalue weighted by Gasteiger charge is -2.08. The third-order valence-electron chi connectivity index (χ3n) is 3.31. The smallest absolute Gasteiger partial charge is 0.119 e. The van der Waals surface area contributed by atoms with Gasteiger partial charge < -0.3 is 14.6 Å². The first kappa shape index (κ1) is 13.9. The number of carboxylic acid groups (broad SMARTS) is 1. The molecule has 1 heterocycles. The van der Waals surface area contributed by atoms with E-state index in [0.29, 0.717) is 5.69 Å². The van der Waals surface area contributed by atoms with E-state index in [1.54, 1.807) is 23.9 Å². The van der Waals surface area contributed by atoms with E-state index in [4.69, 9.17) is 4.74 Å². The lowest BCUT2D eigenvalue weighted by atomic mass is 10.1. The van der Waals surface area contributed by atoms with Crippen molar-refractivity contribution >= 4 is 5.97 Å². The summed E-state index contributed by atoms with van der Waals surface area (Å²) in [7, 11) is 1.59. The Kier molecular flexibility index (Phi) is 3.62. The number of nitrogens with zero attached hydrogens (tertiary/aromatic N) is 2. The minimum absolute atomic E-state index is 0.102. The zero-order chi connectivity index (χ0) is 15.5. The molecule has 0 fully saturated rings. The number of aromatic nitrogens is 2. The first-order valence-electron chi connectivity index (χ1n) is 6.70. The number of hydrogen-bond donors (Lipinski definition) is 0. The molecule has 1 aromatic heterocycles. The summed E-state index contributed by atoms with van der Waals surface area (Å²) in [5.41, 5.74) is 2.20. The maximum Gasteiger partial charge on any atom is 0.119 e. The summed E-state index contributed by atoms with van der Waals surface area (Å²) < 4.78 is 6.71. The highest BCUT2D eigenvalue weighted by atomic mass is 16.5. The average Bonchev–Trinajstić information content (AvgIpc) is 3.01. The van der Waals surface area contributed by atoms with Gasteiger partial charge in [-0.2, -0.15) is 5.10 Å². The minimum Gasteiger partial charge on any atom is -0.543 e. The summed E-state index contributed by atoms with van der Waals surface area (Å²) in [6.45, 7) is 0. The Hall–Kier alpha value is -3.08. The molecule has 0 unspecified atom stereocenters. The molecule has 5 heteroatoms. The van der Waals surface area contributed by atoms with Crippen molar-refractivity contribution in [3.05, 3.63) is 66.4 Å². The fourth-order valence-electron chi connectivity index (χ4n) is 2.22. The molecule has 2 aromatic carbocycles. The molecular weight excluding hydrogens is 280 g/mol. The predicted molar refractivity (Wildman–Crippen MR) is 79.9 cm³/mol. The van der Waals surface area contributed by atoms with E-state index in [1.807, 2.05) is 42.5 Å². The summed E-state index contributed by atoms with van der Waals surface area (Å²) in [6, 6.07) is 18.2. The number of carbonyl (C=O) groups is 1. The van der Waals surface area contributed by atoms with Gasteiger partial charge in [-0.15, -0.1) is 0 Å². The Balaban J connectivity index is 2.14. The molecule has 0 aliphatic heterocycles. The van der Waals surface area contributed by atoms with Gasteiger partial charge in [0, 0.05) is 5.56 Å². The van der Waals surface area contributed by atoms with Gasteiger partial charge in [-0.25, -0.2) is 4.68 Å². The van der Waals surface area contributed by atoms with Gasteiger partial charge in [0.05, 0.1) is 24.5 Å². The summed E-state index contributed by atoms with van der Waals surface area (Å²) in [6.07, 6.45) is 0. The van der Waals surface area contributed by atoms with Crippen LogP contribution in [0.25, 0.3) is 16.9 Å². The third-order valence-corrected chi connectivity index (χ3v) is 3.31. The average molecular weight is 293 g/mol. The SMILES string of the molecule is COc1ccc(-n2nc(C(=O)[O-])cc2-c2ccccc2)cc1. The molecule has 0 radical (unpaired) electrons. The quantitative estimate of drug-likeness (QED) is 0.737. The molecular formula is C17H13N2O3-. The molecule has 0 saturated carbocycles. The number of carbonyl (C=O) groups excluding carboxylic acids is 1. The highest BCUT2D eigenvalue weighted by molar-refractivity contribution is 5.85.